The van der Waals surface area contributed by atoms with E-state index < -0.39 is 12.7 Å². The molecule has 0 saturated heterocycles. The van der Waals surface area contributed by atoms with Crippen LogP contribution >= 0.6 is 11.8 Å². The van der Waals surface area contributed by atoms with Crippen molar-refractivity contribution in [1.29, 1.82) is 0 Å². The molecule has 126 valence electrons. The maximum atomic E-state index is 12.7. The lowest BCUT2D eigenvalue weighted by atomic mass is 10.2. The van der Waals surface area contributed by atoms with Crippen molar-refractivity contribution in [2.75, 3.05) is 6.26 Å². The van der Waals surface area contributed by atoms with Crippen LogP contribution in [0.2, 0.25) is 0 Å². The van der Waals surface area contributed by atoms with E-state index in [0.29, 0.717) is 22.7 Å². The summed E-state index contributed by atoms with van der Waals surface area (Å²) >= 11 is 1.45. The predicted octanol–water partition coefficient (Wildman–Crippen LogP) is 3.56. The molecule has 0 bridgehead atoms. The third-order valence-electron chi connectivity index (χ3n) is 3.27. The van der Waals surface area contributed by atoms with Gasteiger partial charge in [-0.25, -0.2) is 4.68 Å². The zero-order chi connectivity index (χ0) is 17.2. The Morgan fingerprint density at radius 3 is 2.75 bits per heavy atom. The first-order valence-electron chi connectivity index (χ1n) is 7.04. The number of aromatic nitrogens is 5. The van der Waals surface area contributed by atoms with E-state index in [2.05, 4.69) is 15.2 Å². The van der Waals surface area contributed by atoms with E-state index in [-0.39, 0.29) is 0 Å². The van der Waals surface area contributed by atoms with Gasteiger partial charge in [0.2, 0.25) is 0 Å². The number of hydrogen-bond acceptors (Lipinski definition) is 4. The quantitative estimate of drug-likeness (QED) is 0.704. The summed E-state index contributed by atoms with van der Waals surface area (Å²) in [5.74, 6) is 0.458. The molecule has 0 aliphatic carbocycles. The van der Waals surface area contributed by atoms with E-state index in [1.54, 1.807) is 41.6 Å². The molecule has 3 heterocycles. The SMILES string of the molecule is CSCc1cc(-c2cnn(-c3cccnc3)c2)nn1CC(F)(F)F. The Hall–Kier alpha value is -2.29. The number of hydrogen-bond donors (Lipinski definition) is 0. The van der Waals surface area contributed by atoms with Crippen LogP contribution in [0, 0.1) is 0 Å². The molecule has 0 aliphatic rings. The van der Waals surface area contributed by atoms with Gasteiger partial charge >= 0.3 is 6.18 Å². The van der Waals surface area contributed by atoms with Gasteiger partial charge < -0.3 is 0 Å². The average Bonchev–Trinajstić information content (AvgIpc) is 3.15. The van der Waals surface area contributed by atoms with Crippen LogP contribution in [0.4, 0.5) is 13.2 Å². The van der Waals surface area contributed by atoms with Gasteiger partial charge in [-0.3, -0.25) is 9.67 Å². The van der Waals surface area contributed by atoms with Crippen molar-refractivity contribution in [3.8, 4) is 16.9 Å². The van der Waals surface area contributed by atoms with Gasteiger partial charge in [0.15, 0.2) is 0 Å². The minimum absolute atomic E-state index is 0.458. The number of alkyl halides is 3. The second-order valence-corrected chi connectivity index (χ2v) is 5.98. The van der Waals surface area contributed by atoms with Crippen LogP contribution in [-0.2, 0) is 12.3 Å². The Bertz CT molecular complexity index is 810. The molecule has 3 rings (SSSR count). The standard InChI is InChI=1S/C15H14F3N5S/c1-24-9-13-5-14(21-23(13)10-15(16,17)18)11-6-20-22(8-11)12-3-2-4-19-7-12/h2-8H,9-10H2,1H3. The lowest BCUT2D eigenvalue weighted by Crippen LogP contribution is -2.20. The molecule has 3 aromatic heterocycles. The first-order chi connectivity index (χ1) is 11.5. The van der Waals surface area contributed by atoms with Crippen molar-refractivity contribution in [2.45, 2.75) is 18.5 Å². The second kappa shape index (κ2) is 6.68. The van der Waals surface area contributed by atoms with Crippen LogP contribution < -0.4 is 0 Å². The molecule has 0 amide bonds. The van der Waals surface area contributed by atoms with Crippen molar-refractivity contribution in [2.24, 2.45) is 0 Å². The predicted molar refractivity (Wildman–Crippen MR) is 85.9 cm³/mol. The molecule has 0 aliphatic heterocycles. The number of nitrogens with zero attached hydrogens (tertiary/aromatic N) is 5. The van der Waals surface area contributed by atoms with Crippen molar-refractivity contribution in [3.63, 3.8) is 0 Å². The molecule has 9 heteroatoms. The third kappa shape index (κ3) is 3.78. The molecule has 0 radical (unpaired) electrons. The highest BCUT2D eigenvalue weighted by molar-refractivity contribution is 7.97. The lowest BCUT2D eigenvalue weighted by molar-refractivity contribution is -0.142. The summed E-state index contributed by atoms with van der Waals surface area (Å²) in [4.78, 5) is 4.02. The Morgan fingerprint density at radius 1 is 1.25 bits per heavy atom. The maximum Gasteiger partial charge on any atom is 0.408 e. The molecule has 0 N–H and O–H groups in total. The second-order valence-electron chi connectivity index (χ2n) is 5.11. The highest BCUT2D eigenvalue weighted by atomic mass is 32.2. The van der Waals surface area contributed by atoms with E-state index in [1.165, 1.54) is 11.8 Å². The van der Waals surface area contributed by atoms with Crippen LogP contribution in [0.15, 0.2) is 43.0 Å². The zero-order valence-corrected chi connectivity index (χ0v) is 13.6. The highest BCUT2D eigenvalue weighted by Gasteiger charge is 2.30. The summed E-state index contributed by atoms with van der Waals surface area (Å²) in [5.41, 5.74) is 2.42. The summed E-state index contributed by atoms with van der Waals surface area (Å²) in [6, 6.07) is 5.29. The van der Waals surface area contributed by atoms with E-state index in [1.807, 2.05) is 12.3 Å². The molecular weight excluding hydrogens is 339 g/mol. The summed E-state index contributed by atoms with van der Waals surface area (Å²) in [6.07, 6.45) is 4.14. The molecule has 0 unspecified atom stereocenters. The van der Waals surface area contributed by atoms with E-state index in [4.69, 9.17) is 0 Å². The van der Waals surface area contributed by atoms with Crippen LogP contribution in [0.25, 0.3) is 16.9 Å². The van der Waals surface area contributed by atoms with Crippen LogP contribution in [-0.4, -0.2) is 37.0 Å². The minimum Gasteiger partial charge on any atom is -0.262 e. The number of thioether (sulfide) groups is 1. The van der Waals surface area contributed by atoms with Gasteiger partial charge in [0.25, 0.3) is 0 Å². The molecule has 3 aromatic rings. The van der Waals surface area contributed by atoms with E-state index >= 15 is 0 Å². The number of rotatable bonds is 5. The average molecular weight is 353 g/mol. The number of pyridine rings is 1. The van der Waals surface area contributed by atoms with Gasteiger partial charge in [0.05, 0.1) is 23.8 Å². The smallest absolute Gasteiger partial charge is 0.262 e. The summed E-state index contributed by atoms with van der Waals surface area (Å²) < 4.78 is 40.7. The van der Waals surface area contributed by atoms with Crippen LogP contribution in [0.1, 0.15) is 5.69 Å². The Kier molecular flexibility index (Phi) is 4.61. The van der Waals surface area contributed by atoms with Crippen molar-refractivity contribution < 1.29 is 13.2 Å². The van der Waals surface area contributed by atoms with Gasteiger partial charge in [-0.2, -0.15) is 35.1 Å². The van der Waals surface area contributed by atoms with E-state index in [0.717, 1.165) is 10.4 Å². The summed E-state index contributed by atoms with van der Waals surface area (Å²) in [7, 11) is 0. The molecule has 24 heavy (non-hydrogen) atoms. The largest absolute Gasteiger partial charge is 0.408 e. The highest BCUT2D eigenvalue weighted by Crippen LogP contribution is 2.25. The topological polar surface area (TPSA) is 48.5 Å². The molecule has 0 aromatic carbocycles. The third-order valence-corrected chi connectivity index (χ3v) is 3.86. The van der Waals surface area contributed by atoms with Crippen LogP contribution in [0.3, 0.4) is 0 Å². The molecule has 0 spiro atoms. The van der Waals surface area contributed by atoms with Crippen molar-refractivity contribution >= 4 is 11.8 Å². The summed E-state index contributed by atoms with van der Waals surface area (Å²) in [6.45, 7) is -1.10. The van der Waals surface area contributed by atoms with Gasteiger partial charge in [0, 0.05) is 29.4 Å². The number of halogens is 3. The molecule has 5 nitrogen and oxygen atoms in total. The molecule has 0 atom stereocenters. The van der Waals surface area contributed by atoms with Crippen molar-refractivity contribution in [1.82, 2.24) is 24.5 Å². The molecular formula is C15H14F3N5S. The zero-order valence-electron chi connectivity index (χ0n) is 12.7. The fraction of sp³-hybridized carbons (Fsp3) is 0.267. The Labute approximate surface area is 140 Å². The van der Waals surface area contributed by atoms with Gasteiger partial charge in [-0.15, -0.1) is 0 Å². The maximum absolute atomic E-state index is 12.7. The first kappa shape index (κ1) is 16.6. The fourth-order valence-electron chi connectivity index (χ4n) is 2.25. The minimum atomic E-state index is -4.31. The normalized spacial score (nSPS) is 11.8. The monoisotopic (exact) mass is 353 g/mol. The molecule has 0 fully saturated rings. The lowest BCUT2D eigenvalue weighted by Gasteiger charge is -2.09. The first-order valence-corrected chi connectivity index (χ1v) is 8.43. The van der Waals surface area contributed by atoms with Crippen molar-refractivity contribution in [3.05, 3.63) is 48.7 Å². The van der Waals surface area contributed by atoms with Crippen LogP contribution in [0.5, 0.6) is 0 Å². The van der Waals surface area contributed by atoms with Gasteiger partial charge in [0.1, 0.15) is 6.54 Å². The van der Waals surface area contributed by atoms with E-state index in [9.17, 15) is 13.2 Å². The molecule has 0 saturated carbocycles. The summed E-state index contributed by atoms with van der Waals surface area (Å²) in [5, 5.41) is 8.33. The fourth-order valence-corrected chi connectivity index (χ4v) is 2.78. The van der Waals surface area contributed by atoms with Gasteiger partial charge in [-0.05, 0) is 24.5 Å². The van der Waals surface area contributed by atoms with Gasteiger partial charge in [-0.1, -0.05) is 0 Å². The Balaban J connectivity index is 1.92. The Morgan fingerprint density at radius 2 is 2.08 bits per heavy atom.